The zero-order valence-electron chi connectivity index (χ0n) is 9.23. The van der Waals surface area contributed by atoms with Gasteiger partial charge in [-0.1, -0.05) is 5.21 Å². The molecule has 2 aromatic rings. The minimum atomic E-state index is -0.431. The van der Waals surface area contributed by atoms with Gasteiger partial charge in [0.1, 0.15) is 0 Å². The Morgan fingerprint density at radius 2 is 2.29 bits per heavy atom. The van der Waals surface area contributed by atoms with E-state index in [1.54, 1.807) is 18.3 Å². The fraction of sp³-hybridized carbons (Fsp3) is 0.273. The second-order valence-corrected chi connectivity index (χ2v) is 3.79. The smallest absolute Gasteiger partial charge is 0.167 e. The van der Waals surface area contributed by atoms with E-state index >= 15 is 0 Å². The van der Waals surface area contributed by atoms with E-state index in [1.807, 2.05) is 0 Å². The summed E-state index contributed by atoms with van der Waals surface area (Å²) < 4.78 is 19.8. The summed E-state index contributed by atoms with van der Waals surface area (Å²) >= 11 is 5.60. The number of hydrogen-bond acceptors (Lipinski definition) is 3. The molecule has 0 saturated heterocycles. The number of halogens is 2. The lowest BCUT2D eigenvalue weighted by Crippen LogP contribution is -1.97. The predicted octanol–water partition coefficient (Wildman–Crippen LogP) is 2.20. The Balaban J connectivity index is 2.29. The summed E-state index contributed by atoms with van der Waals surface area (Å²) in [5, 5.41) is 7.83. The van der Waals surface area contributed by atoms with Crippen LogP contribution in [0.1, 0.15) is 5.69 Å². The van der Waals surface area contributed by atoms with Crippen molar-refractivity contribution in [3.8, 4) is 11.4 Å². The van der Waals surface area contributed by atoms with Crippen molar-refractivity contribution in [2.24, 2.45) is 0 Å². The maximum Gasteiger partial charge on any atom is 0.167 e. The van der Waals surface area contributed by atoms with Crippen LogP contribution in [0.5, 0.6) is 5.75 Å². The van der Waals surface area contributed by atoms with Crippen molar-refractivity contribution in [3.63, 3.8) is 0 Å². The first kappa shape index (κ1) is 11.9. The molecule has 0 radical (unpaired) electrons. The second-order valence-electron chi connectivity index (χ2n) is 3.41. The van der Waals surface area contributed by atoms with Crippen LogP contribution in [0.25, 0.3) is 5.69 Å². The molecule has 0 atom stereocenters. The van der Waals surface area contributed by atoms with Crippen molar-refractivity contribution in [3.05, 3.63) is 35.9 Å². The lowest BCUT2D eigenvalue weighted by Gasteiger charge is -2.04. The zero-order chi connectivity index (χ0) is 12.3. The molecule has 1 aromatic heterocycles. The number of ether oxygens (including phenoxy) is 1. The molecule has 1 aromatic carbocycles. The molecule has 0 aliphatic rings. The van der Waals surface area contributed by atoms with Gasteiger partial charge in [-0.05, 0) is 12.1 Å². The number of aryl methyl sites for hydroxylation is 1. The minimum Gasteiger partial charge on any atom is -0.494 e. The predicted molar refractivity (Wildman–Crippen MR) is 62.3 cm³/mol. The van der Waals surface area contributed by atoms with Gasteiger partial charge in [-0.2, -0.15) is 0 Å². The van der Waals surface area contributed by atoms with Gasteiger partial charge in [-0.3, -0.25) is 0 Å². The van der Waals surface area contributed by atoms with Crippen molar-refractivity contribution >= 4 is 11.6 Å². The van der Waals surface area contributed by atoms with E-state index in [9.17, 15) is 4.39 Å². The Bertz CT molecular complexity index is 515. The molecule has 0 N–H and O–H groups in total. The van der Waals surface area contributed by atoms with Crippen molar-refractivity contribution in [1.82, 2.24) is 15.0 Å². The average molecular weight is 256 g/mol. The lowest BCUT2D eigenvalue weighted by atomic mass is 10.3. The maximum atomic E-state index is 13.5. The molecule has 0 aliphatic carbocycles. The van der Waals surface area contributed by atoms with Gasteiger partial charge >= 0.3 is 0 Å². The summed E-state index contributed by atoms with van der Waals surface area (Å²) in [5.74, 6) is 0.254. The highest BCUT2D eigenvalue weighted by Gasteiger charge is 2.07. The highest BCUT2D eigenvalue weighted by molar-refractivity contribution is 6.17. The lowest BCUT2D eigenvalue weighted by molar-refractivity contribution is 0.386. The first-order chi connectivity index (χ1) is 8.24. The molecular weight excluding hydrogens is 245 g/mol. The van der Waals surface area contributed by atoms with Gasteiger partial charge in [0.25, 0.3) is 0 Å². The van der Waals surface area contributed by atoms with Gasteiger partial charge in [0, 0.05) is 18.4 Å². The van der Waals surface area contributed by atoms with Gasteiger partial charge < -0.3 is 4.74 Å². The number of alkyl halides is 1. The second kappa shape index (κ2) is 5.14. The van der Waals surface area contributed by atoms with E-state index in [-0.39, 0.29) is 5.75 Å². The molecule has 90 valence electrons. The average Bonchev–Trinajstić information content (AvgIpc) is 2.78. The first-order valence-electron chi connectivity index (χ1n) is 5.05. The van der Waals surface area contributed by atoms with Crippen LogP contribution >= 0.6 is 11.6 Å². The molecule has 0 spiro atoms. The third-order valence-electron chi connectivity index (χ3n) is 2.29. The first-order valence-corrected chi connectivity index (χ1v) is 5.59. The summed E-state index contributed by atoms with van der Waals surface area (Å²) in [5.41, 5.74) is 1.37. The molecule has 2 rings (SSSR count). The van der Waals surface area contributed by atoms with Gasteiger partial charge in [0.05, 0.1) is 24.7 Å². The van der Waals surface area contributed by atoms with Crippen LogP contribution in [0.4, 0.5) is 4.39 Å². The third kappa shape index (κ3) is 2.55. The van der Waals surface area contributed by atoms with E-state index in [2.05, 4.69) is 10.3 Å². The highest BCUT2D eigenvalue weighted by atomic mass is 35.5. The van der Waals surface area contributed by atoms with Crippen LogP contribution in [-0.4, -0.2) is 28.0 Å². The Morgan fingerprint density at radius 3 is 2.94 bits per heavy atom. The maximum absolute atomic E-state index is 13.5. The van der Waals surface area contributed by atoms with Gasteiger partial charge in [-0.25, -0.2) is 9.07 Å². The van der Waals surface area contributed by atoms with Gasteiger partial charge in [-0.15, -0.1) is 16.7 Å². The molecule has 0 bridgehead atoms. The highest BCUT2D eigenvalue weighted by Crippen LogP contribution is 2.19. The van der Waals surface area contributed by atoms with E-state index < -0.39 is 5.82 Å². The summed E-state index contributed by atoms with van der Waals surface area (Å²) in [6.45, 7) is 0. The van der Waals surface area contributed by atoms with Gasteiger partial charge in [0.15, 0.2) is 11.6 Å². The fourth-order valence-corrected chi connectivity index (χ4v) is 1.63. The largest absolute Gasteiger partial charge is 0.494 e. The van der Waals surface area contributed by atoms with Crippen LogP contribution in [0, 0.1) is 5.82 Å². The molecule has 0 amide bonds. The van der Waals surface area contributed by atoms with Crippen LogP contribution in [0.3, 0.4) is 0 Å². The summed E-state index contributed by atoms with van der Waals surface area (Å²) in [6, 6.07) is 4.60. The normalized spacial score (nSPS) is 10.5. The van der Waals surface area contributed by atoms with Crippen LogP contribution in [0.2, 0.25) is 0 Å². The number of aromatic nitrogens is 3. The molecule has 0 fully saturated rings. The SMILES string of the molecule is COc1ccc(-n2cc(CCCl)nn2)cc1F. The van der Waals surface area contributed by atoms with E-state index in [0.717, 1.165) is 5.69 Å². The zero-order valence-corrected chi connectivity index (χ0v) is 9.99. The summed E-state index contributed by atoms with van der Waals surface area (Å²) in [4.78, 5) is 0. The van der Waals surface area contributed by atoms with Crippen LogP contribution in [0.15, 0.2) is 24.4 Å². The van der Waals surface area contributed by atoms with E-state index in [0.29, 0.717) is 18.0 Å². The van der Waals surface area contributed by atoms with E-state index in [1.165, 1.54) is 17.9 Å². The minimum absolute atomic E-state index is 0.204. The third-order valence-corrected chi connectivity index (χ3v) is 2.48. The molecule has 17 heavy (non-hydrogen) atoms. The molecule has 0 saturated carbocycles. The molecular formula is C11H11ClFN3O. The summed E-state index contributed by atoms with van der Waals surface area (Å²) in [6.07, 6.45) is 2.36. The Hall–Kier alpha value is -1.62. The number of hydrogen-bond donors (Lipinski definition) is 0. The Labute approximate surface area is 103 Å². The Morgan fingerprint density at radius 1 is 1.47 bits per heavy atom. The van der Waals surface area contributed by atoms with Crippen molar-refractivity contribution < 1.29 is 9.13 Å². The quantitative estimate of drug-likeness (QED) is 0.787. The van der Waals surface area contributed by atoms with Crippen molar-refractivity contribution in [2.75, 3.05) is 13.0 Å². The van der Waals surface area contributed by atoms with Crippen LogP contribution in [-0.2, 0) is 6.42 Å². The topological polar surface area (TPSA) is 39.9 Å². The number of benzene rings is 1. The number of rotatable bonds is 4. The molecule has 0 unspecified atom stereocenters. The fourth-order valence-electron chi connectivity index (χ4n) is 1.43. The number of methoxy groups -OCH3 is 1. The molecule has 0 aliphatic heterocycles. The Kier molecular flexibility index (Phi) is 3.58. The monoisotopic (exact) mass is 255 g/mol. The molecule has 1 heterocycles. The number of nitrogens with zero attached hydrogens (tertiary/aromatic N) is 3. The van der Waals surface area contributed by atoms with Crippen molar-refractivity contribution in [2.45, 2.75) is 6.42 Å². The standard InChI is InChI=1S/C11H11ClFN3O/c1-17-11-3-2-9(6-10(11)13)16-7-8(4-5-12)14-15-16/h2-3,6-7H,4-5H2,1H3. The van der Waals surface area contributed by atoms with Crippen LogP contribution < -0.4 is 4.74 Å². The molecule has 6 heteroatoms. The van der Waals surface area contributed by atoms with Crippen molar-refractivity contribution in [1.29, 1.82) is 0 Å². The molecule has 4 nitrogen and oxygen atoms in total. The summed E-state index contributed by atoms with van der Waals surface area (Å²) in [7, 11) is 1.42. The van der Waals surface area contributed by atoms with E-state index in [4.69, 9.17) is 16.3 Å². The van der Waals surface area contributed by atoms with Gasteiger partial charge in [0.2, 0.25) is 0 Å².